The number of hydrogen-bond acceptors (Lipinski definition) is 5. The molecular formula is C20H17F3N4O2S. The number of carbonyl (C=O) groups is 2. The summed E-state index contributed by atoms with van der Waals surface area (Å²) in [6, 6.07) is 9.59. The maximum Gasteiger partial charge on any atom is 0.410 e. The van der Waals surface area contributed by atoms with Gasteiger partial charge < -0.3 is 10.6 Å². The molecular weight excluding hydrogens is 417 g/mol. The van der Waals surface area contributed by atoms with E-state index in [2.05, 4.69) is 15.7 Å². The molecule has 0 fully saturated rings. The van der Waals surface area contributed by atoms with Gasteiger partial charge >= 0.3 is 6.18 Å². The molecule has 1 aliphatic heterocycles. The summed E-state index contributed by atoms with van der Waals surface area (Å²) >= 11 is 1.25. The van der Waals surface area contributed by atoms with Crippen molar-refractivity contribution < 1.29 is 22.8 Å². The topological polar surface area (TPSA) is 76.0 Å². The van der Waals surface area contributed by atoms with Gasteiger partial charge in [0.2, 0.25) is 0 Å². The van der Waals surface area contributed by atoms with Crippen molar-refractivity contribution in [2.24, 2.45) is 0 Å². The molecule has 3 aromatic rings. The Kier molecular flexibility index (Phi) is 5.33. The van der Waals surface area contributed by atoms with Crippen molar-refractivity contribution in [2.75, 3.05) is 11.9 Å². The van der Waals surface area contributed by atoms with Crippen LogP contribution in [0.2, 0.25) is 0 Å². The Balaban J connectivity index is 1.59. The summed E-state index contributed by atoms with van der Waals surface area (Å²) in [6.45, 7) is -0.255. The zero-order valence-corrected chi connectivity index (χ0v) is 16.3. The van der Waals surface area contributed by atoms with E-state index in [9.17, 15) is 22.8 Å². The van der Waals surface area contributed by atoms with Gasteiger partial charge in [-0.25, -0.2) is 4.68 Å². The zero-order chi connectivity index (χ0) is 21.3. The molecule has 0 spiro atoms. The number of nitrogens with zero attached hydrogens (tertiary/aromatic N) is 2. The second-order valence-electron chi connectivity index (χ2n) is 6.84. The molecule has 2 unspecified atom stereocenters. The molecule has 0 bridgehead atoms. The van der Waals surface area contributed by atoms with Gasteiger partial charge in [0.25, 0.3) is 5.91 Å². The van der Waals surface area contributed by atoms with Crippen LogP contribution in [-0.4, -0.2) is 34.2 Å². The highest BCUT2D eigenvalue weighted by atomic mass is 32.1. The first-order valence-electron chi connectivity index (χ1n) is 9.15. The molecule has 0 aliphatic carbocycles. The number of alkyl halides is 3. The van der Waals surface area contributed by atoms with Gasteiger partial charge in [0, 0.05) is 6.42 Å². The lowest BCUT2D eigenvalue weighted by atomic mass is 9.96. The summed E-state index contributed by atoms with van der Waals surface area (Å²) in [5.41, 5.74) is 0.641. The SMILES string of the molecule is O=C(CNC(=O)c1cnn2c1NC(c1ccccc1)CC2C(F)(F)F)c1cccs1. The molecule has 1 amide bonds. The second kappa shape index (κ2) is 7.94. The van der Waals surface area contributed by atoms with Crippen LogP contribution >= 0.6 is 11.3 Å². The molecule has 6 nitrogen and oxygen atoms in total. The van der Waals surface area contributed by atoms with Gasteiger partial charge in [0.05, 0.1) is 23.7 Å². The van der Waals surface area contributed by atoms with Crippen LogP contribution in [0.4, 0.5) is 19.0 Å². The molecule has 0 saturated heterocycles. The molecule has 10 heteroatoms. The molecule has 2 aromatic heterocycles. The van der Waals surface area contributed by atoms with Crippen molar-refractivity contribution in [1.82, 2.24) is 15.1 Å². The molecule has 1 aromatic carbocycles. The number of nitrogens with one attached hydrogen (secondary N) is 2. The lowest BCUT2D eigenvalue weighted by molar-refractivity contribution is -0.173. The Bertz CT molecular complexity index is 1050. The number of rotatable bonds is 5. The minimum Gasteiger partial charge on any atom is -0.363 e. The number of thiophene rings is 1. The highest BCUT2D eigenvalue weighted by Gasteiger charge is 2.47. The van der Waals surface area contributed by atoms with Gasteiger partial charge in [0.1, 0.15) is 11.4 Å². The largest absolute Gasteiger partial charge is 0.410 e. The Morgan fingerprint density at radius 3 is 2.63 bits per heavy atom. The number of carbonyl (C=O) groups excluding carboxylic acids is 2. The van der Waals surface area contributed by atoms with E-state index in [-0.39, 0.29) is 30.1 Å². The van der Waals surface area contributed by atoms with E-state index >= 15 is 0 Å². The Labute approximate surface area is 173 Å². The fourth-order valence-corrected chi connectivity index (χ4v) is 4.08. The van der Waals surface area contributed by atoms with Crippen molar-refractivity contribution in [3.63, 3.8) is 0 Å². The number of halogens is 3. The average Bonchev–Trinajstić information content (AvgIpc) is 3.41. The van der Waals surface area contributed by atoms with Crippen LogP contribution in [-0.2, 0) is 0 Å². The maximum absolute atomic E-state index is 13.7. The number of anilines is 1. The monoisotopic (exact) mass is 434 g/mol. The van der Waals surface area contributed by atoms with E-state index < -0.39 is 24.2 Å². The predicted octanol–water partition coefficient (Wildman–Crippen LogP) is 4.22. The van der Waals surface area contributed by atoms with E-state index in [1.54, 1.807) is 47.8 Å². The summed E-state index contributed by atoms with van der Waals surface area (Å²) < 4.78 is 41.9. The molecule has 2 N–H and O–H groups in total. The summed E-state index contributed by atoms with van der Waals surface area (Å²) in [5.74, 6) is -0.954. The fourth-order valence-electron chi connectivity index (χ4n) is 3.41. The predicted molar refractivity (Wildman–Crippen MR) is 106 cm³/mol. The van der Waals surface area contributed by atoms with Gasteiger partial charge in [-0.15, -0.1) is 11.3 Å². The van der Waals surface area contributed by atoms with Crippen LogP contribution in [0.1, 0.15) is 44.1 Å². The number of aromatic nitrogens is 2. The quantitative estimate of drug-likeness (QED) is 0.590. The lowest BCUT2D eigenvalue weighted by Crippen LogP contribution is -2.37. The molecule has 3 heterocycles. The van der Waals surface area contributed by atoms with Crippen molar-refractivity contribution in [2.45, 2.75) is 24.7 Å². The van der Waals surface area contributed by atoms with Crippen molar-refractivity contribution in [1.29, 1.82) is 0 Å². The Morgan fingerprint density at radius 1 is 1.20 bits per heavy atom. The minimum atomic E-state index is -4.53. The first-order chi connectivity index (χ1) is 14.3. The Hall–Kier alpha value is -3.14. The van der Waals surface area contributed by atoms with Crippen LogP contribution in [0.15, 0.2) is 54.0 Å². The number of benzene rings is 1. The van der Waals surface area contributed by atoms with Crippen LogP contribution in [0.5, 0.6) is 0 Å². The third-order valence-electron chi connectivity index (χ3n) is 4.89. The second-order valence-corrected chi connectivity index (χ2v) is 7.78. The average molecular weight is 434 g/mol. The van der Waals surface area contributed by atoms with E-state index in [1.165, 1.54) is 11.3 Å². The van der Waals surface area contributed by atoms with Gasteiger partial charge in [-0.05, 0) is 17.0 Å². The third kappa shape index (κ3) is 3.95. The summed E-state index contributed by atoms with van der Waals surface area (Å²) in [6.07, 6.45) is -3.68. The number of amides is 1. The zero-order valence-electron chi connectivity index (χ0n) is 15.5. The van der Waals surface area contributed by atoms with E-state index in [4.69, 9.17) is 0 Å². The van der Waals surface area contributed by atoms with Crippen LogP contribution in [0.3, 0.4) is 0 Å². The molecule has 156 valence electrons. The highest BCUT2D eigenvalue weighted by molar-refractivity contribution is 7.12. The van der Waals surface area contributed by atoms with Crippen molar-refractivity contribution in [3.05, 3.63) is 70.0 Å². The number of ketones is 1. The fraction of sp³-hybridized carbons (Fsp3) is 0.250. The molecule has 2 atom stereocenters. The standard InChI is InChI=1S/C20H17F3N4O2S/c21-20(22,23)17-9-14(12-5-2-1-3-6-12)26-18-13(10-25-27(17)18)19(29)24-11-15(28)16-7-4-8-30-16/h1-8,10,14,17,26H,9,11H2,(H,24,29). The number of hydrogen-bond donors (Lipinski definition) is 2. The molecule has 30 heavy (non-hydrogen) atoms. The van der Waals surface area contributed by atoms with E-state index in [1.807, 2.05) is 0 Å². The van der Waals surface area contributed by atoms with Gasteiger partial charge in [-0.3, -0.25) is 9.59 Å². The van der Waals surface area contributed by atoms with Gasteiger partial charge in [-0.1, -0.05) is 36.4 Å². The van der Waals surface area contributed by atoms with Crippen LogP contribution in [0.25, 0.3) is 0 Å². The molecule has 1 aliphatic rings. The maximum atomic E-state index is 13.7. The van der Waals surface area contributed by atoms with E-state index in [0.29, 0.717) is 10.4 Å². The van der Waals surface area contributed by atoms with Crippen molar-refractivity contribution in [3.8, 4) is 0 Å². The summed E-state index contributed by atoms with van der Waals surface area (Å²) in [4.78, 5) is 25.2. The first-order valence-corrected chi connectivity index (χ1v) is 10.0. The van der Waals surface area contributed by atoms with Crippen molar-refractivity contribution >= 4 is 28.8 Å². The van der Waals surface area contributed by atoms with Crippen LogP contribution < -0.4 is 10.6 Å². The summed E-state index contributed by atoms with van der Waals surface area (Å²) in [7, 11) is 0. The molecule has 0 saturated carbocycles. The summed E-state index contributed by atoms with van der Waals surface area (Å²) in [5, 5.41) is 11.1. The van der Waals surface area contributed by atoms with E-state index in [0.717, 1.165) is 10.9 Å². The number of Topliss-reactive ketones (excluding diaryl/α,β-unsaturated/α-hetero) is 1. The minimum absolute atomic E-state index is 0.0153. The number of fused-ring (bicyclic) bond motifs is 1. The smallest absolute Gasteiger partial charge is 0.363 e. The normalized spacial score (nSPS) is 18.4. The third-order valence-corrected chi connectivity index (χ3v) is 5.80. The lowest BCUT2D eigenvalue weighted by Gasteiger charge is -2.34. The van der Waals surface area contributed by atoms with Gasteiger partial charge in [-0.2, -0.15) is 18.3 Å². The van der Waals surface area contributed by atoms with Crippen LogP contribution in [0, 0.1) is 0 Å². The van der Waals surface area contributed by atoms with Gasteiger partial charge in [0.15, 0.2) is 11.8 Å². The molecule has 4 rings (SSSR count). The highest BCUT2D eigenvalue weighted by Crippen LogP contribution is 2.44. The molecule has 0 radical (unpaired) electrons. The Morgan fingerprint density at radius 2 is 1.97 bits per heavy atom. The first kappa shape index (κ1) is 20.1.